The van der Waals surface area contributed by atoms with Gasteiger partial charge in [-0.25, -0.2) is 9.78 Å². The highest BCUT2D eigenvalue weighted by molar-refractivity contribution is 5.95. The average Bonchev–Trinajstić information content (AvgIpc) is 3.12. The average molecular weight is 397 g/mol. The van der Waals surface area contributed by atoms with Crippen LogP contribution in [0.5, 0.6) is 0 Å². The molecule has 1 rings (SSSR count). The van der Waals surface area contributed by atoms with Gasteiger partial charge in [0.25, 0.3) is 0 Å². The van der Waals surface area contributed by atoms with Crippen LogP contribution in [0.3, 0.4) is 0 Å². The summed E-state index contributed by atoms with van der Waals surface area (Å²) in [7, 11) is 0. The minimum Gasteiger partial charge on any atom is -0.480 e. The fourth-order valence-electron chi connectivity index (χ4n) is 2.16. The number of carboxylic acid groups (broad SMARTS) is 1. The number of aromatic amines is 1. The maximum absolute atomic E-state index is 12.4. The van der Waals surface area contributed by atoms with Gasteiger partial charge in [0.15, 0.2) is 0 Å². The molecule has 1 aromatic rings. The SMILES string of the molecule is CC(NC(=O)CN)C(=O)NC(CC(N)=O)C(=O)NC(Cc1cnc[nH]1)C(=O)O. The molecule has 0 aliphatic carbocycles. The number of H-pyrrole nitrogens is 1. The minimum absolute atomic E-state index is 0.0960. The van der Waals surface area contributed by atoms with E-state index in [2.05, 4.69) is 25.9 Å². The summed E-state index contributed by atoms with van der Waals surface area (Å²) in [6.07, 6.45) is 2.09. The molecule has 0 saturated carbocycles. The number of carbonyl (C=O) groups excluding carboxylic acids is 4. The van der Waals surface area contributed by atoms with Crippen LogP contribution < -0.4 is 27.4 Å². The molecule has 1 aromatic heterocycles. The van der Waals surface area contributed by atoms with E-state index in [4.69, 9.17) is 11.5 Å². The van der Waals surface area contributed by atoms with E-state index in [-0.39, 0.29) is 13.0 Å². The van der Waals surface area contributed by atoms with Crippen LogP contribution >= 0.6 is 0 Å². The Kier molecular flexibility index (Phi) is 8.55. The van der Waals surface area contributed by atoms with Gasteiger partial charge in [0.05, 0.1) is 19.3 Å². The summed E-state index contributed by atoms with van der Waals surface area (Å²) in [6.45, 7) is 1.01. The number of nitrogens with one attached hydrogen (secondary N) is 4. The molecule has 0 aliphatic rings. The minimum atomic E-state index is -1.43. The molecule has 0 aliphatic heterocycles. The Hall–Kier alpha value is -3.48. The van der Waals surface area contributed by atoms with Gasteiger partial charge in [-0.15, -0.1) is 0 Å². The predicted molar refractivity (Wildman–Crippen MR) is 94.3 cm³/mol. The molecule has 154 valence electrons. The fourth-order valence-corrected chi connectivity index (χ4v) is 2.16. The molecule has 0 spiro atoms. The number of hydrogen-bond acceptors (Lipinski definition) is 7. The molecule has 3 atom stereocenters. The number of hydrogen-bond donors (Lipinski definition) is 7. The number of nitrogens with zero attached hydrogens (tertiary/aromatic N) is 1. The molecule has 0 radical (unpaired) electrons. The van der Waals surface area contributed by atoms with Gasteiger partial charge in [0.2, 0.25) is 23.6 Å². The zero-order valence-corrected chi connectivity index (χ0v) is 15.1. The summed E-state index contributed by atoms with van der Waals surface area (Å²) in [5.41, 5.74) is 10.7. The van der Waals surface area contributed by atoms with Gasteiger partial charge in [0, 0.05) is 18.3 Å². The summed E-state index contributed by atoms with van der Waals surface area (Å²) in [6, 6.07) is -3.81. The quantitative estimate of drug-likeness (QED) is 0.197. The van der Waals surface area contributed by atoms with E-state index in [9.17, 15) is 29.1 Å². The molecular weight excluding hydrogens is 374 g/mol. The number of aromatic nitrogens is 2. The maximum Gasteiger partial charge on any atom is 0.326 e. The lowest BCUT2D eigenvalue weighted by Gasteiger charge is -2.22. The lowest BCUT2D eigenvalue weighted by atomic mass is 10.1. The van der Waals surface area contributed by atoms with Crippen molar-refractivity contribution in [2.24, 2.45) is 11.5 Å². The zero-order valence-electron chi connectivity index (χ0n) is 15.1. The van der Waals surface area contributed by atoms with Gasteiger partial charge >= 0.3 is 5.97 Å². The first kappa shape index (κ1) is 22.6. The monoisotopic (exact) mass is 397 g/mol. The van der Waals surface area contributed by atoms with Crippen molar-refractivity contribution < 1.29 is 29.1 Å². The van der Waals surface area contributed by atoms with E-state index in [1.165, 1.54) is 19.4 Å². The number of primary amides is 1. The van der Waals surface area contributed by atoms with Crippen LogP contribution in [0.2, 0.25) is 0 Å². The topological polar surface area (TPSA) is 222 Å². The Labute approximate surface area is 159 Å². The van der Waals surface area contributed by atoms with Crippen molar-refractivity contribution in [2.75, 3.05) is 6.54 Å². The smallest absolute Gasteiger partial charge is 0.326 e. The normalized spacial score (nSPS) is 13.6. The third-order valence-corrected chi connectivity index (χ3v) is 3.59. The van der Waals surface area contributed by atoms with Crippen molar-refractivity contribution in [3.63, 3.8) is 0 Å². The van der Waals surface area contributed by atoms with Crippen LogP contribution in [0.15, 0.2) is 12.5 Å². The van der Waals surface area contributed by atoms with Crippen LogP contribution in [-0.2, 0) is 30.4 Å². The van der Waals surface area contributed by atoms with Crippen molar-refractivity contribution in [2.45, 2.75) is 37.9 Å². The third-order valence-electron chi connectivity index (χ3n) is 3.59. The van der Waals surface area contributed by atoms with Gasteiger partial charge in [-0.1, -0.05) is 0 Å². The van der Waals surface area contributed by atoms with Crippen molar-refractivity contribution in [3.8, 4) is 0 Å². The van der Waals surface area contributed by atoms with Crippen LogP contribution in [-0.4, -0.2) is 69.3 Å². The van der Waals surface area contributed by atoms with Crippen LogP contribution in [0.25, 0.3) is 0 Å². The first-order valence-corrected chi connectivity index (χ1v) is 8.22. The lowest BCUT2D eigenvalue weighted by molar-refractivity contribution is -0.142. The highest BCUT2D eigenvalue weighted by Crippen LogP contribution is 2.01. The Morgan fingerprint density at radius 2 is 1.79 bits per heavy atom. The summed E-state index contributed by atoms with van der Waals surface area (Å²) < 4.78 is 0. The molecule has 0 fully saturated rings. The summed E-state index contributed by atoms with van der Waals surface area (Å²) >= 11 is 0. The van der Waals surface area contributed by atoms with Crippen molar-refractivity contribution in [3.05, 3.63) is 18.2 Å². The fraction of sp³-hybridized carbons (Fsp3) is 0.467. The molecule has 13 nitrogen and oxygen atoms in total. The Morgan fingerprint density at radius 3 is 2.29 bits per heavy atom. The van der Waals surface area contributed by atoms with E-state index in [1.807, 2.05) is 0 Å². The second kappa shape index (κ2) is 10.6. The van der Waals surface area contributed by atoms with Gasteiger partial charge in [-0.3, -0.25) is 19.2 Å². The van der Waals surface area contributed by atoms with Crippen LogP contribution in [0.4, 0.5) is 0 Å². The van der Waals surface area contributed by atoms with Crippen molar-refractivity contribution in [1.82, 2.24) is 25.9 Å². The van der Waals surface area contributed by atoms with Gasteiger partial charge in [-0.2, -0.15) is 0 Å². The van der Waals surface area contributed by atoms with Crippen molar-refractivity contribution in [1.29, 1.82) is 0 Å². The van der Waals surface area contributed by atoms with Crippen LogP contribution in [0.1, 0.15) is 19.0 Å². The van der Waals surface area contributed by atoms with E-state index in [0.717, 1.165) is 0 Å². The number of rotatable bonds is 11. The first-order chi connectivity index (χ1) is 13.1. The number of imidazole rings is 1. The molecule has 0 saturated heterocycles. The van der Waals surface area contributed by atoms with E-state index < -0.39 is 54.1 Å². The van der Waals surface area contributed by atoms with E-state index in [1.54, 1.807) is 0 Å². The molecule has 0 bridgehead atoms. The van der Waals surface area contributed by atoms with E-state index >= 15 is 0 Å². The van der Waals surface area contributed by atoms with Gasteiger partial charge < -0.3 is 37.5 Å². The number of amides is 4. The Morgan fingerprint density at radius 1 is 1.14 bits per heavy atom. The summed E-state index contributed by atoms with van der Waals surface area (Å²) in [4.78, 5) is 64.9. The summed E-state index contributed by atoms with van der Waals surface area (Å²) in [5.74, 6) is -4.50. The molecule has 13 heteroatoms. The summed E-state index contributed by atoms with van der Waals surface area (Å²) in [5, 5.41) is 16.1. The second-order valence-electron chi connectivity index (χ2n) is 5.91. The Balaban J connectivity index is 2.82. The highest BCUT2D eigenvalue weighted by atomic mass is 16.4. The lowest BCUT2D eigenvalue weighted by Crippen LogP contribution is -2.56. The Bertz CT molecular complexity index is 720. The third kappa shape index (κ3) is 7.41. The molecular formula is C15H23N7O6. The molecule has 3 unspecified atom stereocenters. The molecule has 0 aromatic carbocycles. The second-order valence-corrected chi connectivity index (χ2v) is 5.91. The first-order valence-electron chi connectivity index (χ1n) is 8.22. The number of aliphatic carboxylic acids is 1. The standard InChI is InChI=1S/C15H23N7O6/c1-7(20-12(24)4-16)13(25)21-9(3-11(17)23)14(26)22-10(15(27)28)2-8-5-18-6-19-8/h5-7,9-10H,2-4,16H2,1H3,(H2,17,23)(H,18,19)(H,20,24)(H,21,25)(H,22,26)(H,27,28). The van der Waals surface area contributed by atoms with Crippen molar-refractivity contribution >= 4 is 29.6 Å². The van der Waals surface area contributed by atoms with Gasteiger partial charge in [0.1, 0.15) is 18.1 Å². The highest BCUT2D eigenvalue weighted by Gasteiger charge is 2.29. The molecule has 1 heterocycles. The number of nitrogens with two attached hydrogens (primary N) is 2. The predicted octanol–water partition coefficient (Wildman–Crippen LogP) is -3.65. The largest absolute Gasteiger partial charge is 0.480 e. The number of carboxylic acids is 1. The molecule has 4 amide bonds. The maximum atomic E-state index is 12.4. The molecule has 9 N–H and O–H groups in total. The van der Waals surface area contributed by atoms with Gasteiger partial charge in [-0.05, 0) is 6.92 Å². The zero-order chi connectivity index (χ0) is 21.3. The van der Waals surface area contributed by atoms with E-state index in [0.29, 0.717) is 5.69 Å². The molecule has 28 heavy (non-hydrogen) atoms. The number of carbonyl (C=O) groups is 5. The van der Waals surface area contributed by atoms with Crippen LogP contribution in [0, 0.1) is 0 Å².